The van der Waals surface area contributed by atoms with Crippen LogP contribution >= 0.6 is 11.8 Å². The number of rotatable bonds is 10. The van der Waals surface area contributed by atoms with E-state index < -0.39 is 10.0 Å². The van der Waals surface area contributed by atoms with Crippen LogP contribution in [0.1, 0.15) is 32.6 Å². The number of sulfonamides is 1. The Hall–Kier alpha value is -2.77. The molecule has 0 fully saturated rings. The molecule has 0 spiro atoms. The van der Waals surface area contributed by atoms with Crippen LogP contribution < -0.4 is 9.62 Å². The highest BCUT2D eigenvalue weighted by Gasteiger charge is 2.18. The molecule has 1 N–H and O–H groups in total. The molecule has 3 aromatic rings. The van der Waals surface area contributed by atoms with Gasteiger partial charge in [0, 0.05) is 23.6 Å². The first-order valence-corrected chi connectivity index (χ1v) is 13.8. The average molecular weight is 483 g/mol. The molecule has 0 saturated carbocycles. The first-order chi connectivity index (χ1) is 15.7. The highest BCUT2D eigenvalue weighted by Crippen LogP contribution is 2.22. The van der Waals surface area contributed by atoms with Crippen molar-refractivity contribution in [1.82, 2.24) is 5.32 Å². The molecule has 5 nitrogen and oxygen atoms in total. The summed E-state index contributed by atoms with van der Waals surface area (Å²) in [5.74, 6) is 1.57. The molecule has 0 aromatic heterocycles. The number of nitrogens with one attached hydrogen (secondary N) is 1. The van der Waals surface area contributed by atoms with Crippen molar-refractivity contribution < 1.29 is 13.2 Å². The van der Waals surface area contributed by atoms with Gasteiger partial charge in [0.15, 0.2) is 0 Å². The molecular formula is C26H30N2O3S2. The molecule has 0 aliphatic rings. The maximum Gasteiger partial charge on any atom is 0.251 e. The van der Waals surface area contributed by atoms with Crippen LogP contribution in [-0.2, 0) is 22.3 Å². The van der Waals surface area contributed by atoms with E-state index in [1.807, 2.05) is 43.3 Å². The maximum absolute atomic E-state index is 12.5. The Labute approximate surface area is 201 Å². The van der Waals surface area contributed by atoms with Crippen LogP contribution in [0.5, 0.6) is 0 Å². The van der Waals surface area contributed by atoms with Gasteiger partial charge in [0.1, 0.15) is 0 Å². The molecule has 0 aliphatic heterocycles. The van der Waals surface area contributed by atoms with Gasteiger partial charge in [0.05, 0.1) is 18.5 Å². The van der Waals surface area contributed by atoms with Crippen LogP contribution in [0.25, 0.3) is 0 Å². The zero-order valence-corrected chi connectivity index (χ0v) is 20.9. The van der Waals surface area contributed by atoms with Crippen molar-refractivity contribution in [3.05, 3.63) is 101 Å². The van der Waals surface area contributed by atoms with Crippen LogP contribution in [0.4, 0.5) is 5.69 Å². The van der Waals surface area contributed by atoms with Crippen molar-refractivity contribution in [3.8, 4) is 0 Å². The molecule has 0 saturated heterocycles. The third-order valence-corrected chi connectivity index (χ3v) is 7.46. The van der Waals surface area contributed by atoms with Gasteiger partial charge in [0.25, 0.3) is 5.91 Å². The summed E-state index contributed by atoms with van der Waals surface area (Å²) >= 11 is 1.78. The number of anilines is 1. The molecule has 174 valence electrons. The van der Waals surface area contributed by atoms with E-state index in [1.54, 1.807) is 36.0 Å². The molecule has 0 bridgehead atoms. The smallest absolute Gasteiger partial charge is 0.251 e. The number of carbonyl (C=O) groups is 1. The van der Waals surface area contributed by atoms with Crippen LogP contribution in [0.3, 0.4) is 0 Å². The van der Waals surface area contributed by atoms with Gasteiger partial charge in [-0.1, -0.05) is 54.1 Å². The van der Waals surface area contributed by atoms with Crippen molar-refractivity contribution in [2.45, 2.75) is 26.1 Å². The zero-order chi connectivity index (χ0) is 23.8. The number of amides is 1. The van der Waals surface area contributed by atoms with Crippen molar-refractivity contribution in [2.75, 3.05) is 22.9 Å². The average Bonchev–Trinajstić information content (AvgIpc) is 2.79. The topological polar surface area (TPSA) is 66.5 Å². The molecule has 7 heteroatoms. The highest BCUT2D eigenvalue weighted by molar-refractivity contribution is 7.98. The molecule has 33 heavy (non-hydrogen) atoms. The van der Waals surface area contributed by atoms with Crippen LogP contribution in [-0.4, -0.2) is 32.9 Å². The summed E-state index contributed by atoms with van der Waals surface area (Å²) in [6, 6.07) is 22.8. The molecule has 0 radical (unpaired) electrons. The summed E-state index contributed by atoms with van der Waals surface area (Å²) in [6.45, 7) is 4.90. The molecule has 3 aromatic carbocycles. The maximum atomic E-state index is 12.5. The van der Waals surface area contributed by atoms with Crippen molar-refractivity contribution in [2.24, 2.45) is 0 Å². The summed E-state index contributed by atoms with van der Waals surface area (Å²) in [4.78, 5) is 12.5. The van der Waals surface area contributed by atoms with Gasteiger partial charge in [-0.2, -0.15) is 11.8 Å². The van der Waals surface area contributed by atoms with Gasteiger partial charge in [-0.25, -0.2) is 8.42 Å². The lowest BCUT2D eigenvalue weighted by Crippen LogP contribution is -2.29. The van der Waals surface area contributed by atoms with E-state index in [9.17, 15) is 13.2 Å². The molecule has 0 heterocycles. The summed E-state index contributed by atoms with van der Waals surface area (Å²) < 4.78 is 26.1. The molecule has 0 aliphatic carbocycles. The van der Waals surface area contributed by atoms with Gasteiger partial charge in [0.2, 0.25) is 10.0 Å². The van der Waals surface area contributed by atoms with Crippen LogP contribution in [0.2, 0.25) is 0 Å². The Morgan fingerprint density at radius 3 is 2.24 bits per heavy atom. The van der Waals surface area contributed by atoms with Crippen LogP contribution in [0, 0.1) is 13.8 Å². The van der Waals surface area contributed by atoms with Gasteiger partial charge in [-0.05, 0) is 54.8 Å². The van der Waals surface area contributed by atoms with Gasteiger partial charge < -0.3 is 5.32 Å². The standard InChI is InChI=1S/C26H30N2O3S2/c1-20-8-10-22(11-9-20)18-28(33(3,30)31)25-14-12-23(13-15-25)26(29)27-16-17-32-19-24-7-5-4-6-21(24)2/h4-15H,16-19H2,1-3H3,(H,27,29). The van der Waals surface area contributed by atoms with E-state index in [0.29, 0.717) is 17.8 Å². The molecule has 0 unspecified atom stereocenters. The number of carbonyl (C=O) groups excluding carboxylic acids is 1. The van der Waals surface area contributed by atoms with Crippen molar-refractivity contribution >= 4 is 33.4 Å². The normalized spacial score (nSPS) is 11.2. The van der Waals surface area contributed by atoms with E-state index in [1.165, 1.54) is 21.7 Å². The van der Waals surface area contributed by atoms with Crippen molar-refractivity contribution in [3.63, 3.8) is 0 Å². The second kappa shape index (κ2) is 11.4. The number of hydrogen-bond acceptors (Lipinski definition) is 4. The number of benzene rings is 3. The molecular weight excluding hydrogens is 452 g/mol. The predicted octanol–water partition coefficient (Wildman–Crippen LogP) is 4.93. The SMILES string of the molecule is Cc1ccc(CN(c2ccc(C(=O)NCCSCc3ccccc3C)cc2)S(C)(=O)=O)cc1. The molecule has 1 amide bonds. The molecule has 3 rings (SSSR count). The van der Waals surface area contributed by atoms with Crippen molar-refractivity contribution in [1.29, 1.82) is 0 Å². The summed E-state index contributed by atoms with van der Waals surface area (Å²) in [5.41, 5.74) is 5.64. The van der Waals surface area contributed by atoms with Gasteiger partial charge in [-0.15, -0.1) is 0 Å². The van der Waals surface area contributed by atoms with Gasteiger partial charge in [-0.3, -0.25) is 9.10 Å². The zero-order valence-electron chi connectivity index (χ0n) is 19.2. The second-order valence-corrected chi connectivity index (χ2v) is 11.0. The minimum absolute atomic E-state index is 0.164. The first kappa shape index (κ1) is 24.9. The Bertz CT molecular complexity index is 1170. The number of thioether (sulfide) groups is 1. The van der Waals surface area contributed by atoms with E-state index in [4.69, 9.17) is 0 Å². The van der Waals surface area contributed by atoms with Crippen LogP contribution in [0.15, 0.2) is 72.8 Å². The largest absolute Gasteiger partial charge is 0.351 e. The minimum atomic E-state index is -3.48. The highest BCUT2D eigenvalue weighted by atomic mass is 32.2. The Morgan fingerprint density at radius 1 is 0.939 bits per heavy atom. The Balaban J connectivity index is 1.55. The first-order valence-electron chi connectivity index (χ1n) is 10.8. The third-order valence-electron chi connectivity index (χ3n) is 5.32. The summed E-state index contributed by atoms with van der Waals surface area (Å²) in [5, 5.41) is 2.93. The third kappa shape index (κ3) is 7.37. The number of hydrogen-bond donors (Lipinski definition) is 1. The lowest BCUT2D eigenvalue weighted by atomic mass is 10.1. The lowest BCUT2D eigenvalue weighted by molar-refractivity contribution is 0.0956. The van der Waals surface area contributed by atoms with E-state index >= 15 is 0 Å². The molecule has 0 atom stereocenters. The van der Waals surface area contributed by atoms with E-state index in [2.05, 4.69) is 24.4 Å². The Kier molecular flexibility index (Phi) is 8.58. The van der Waals surface area contributed by atoms with E-state index in [0.717, 1.165) is 22.6 Å². The predicted molar refractivity (Wildman–Crippen MR) is 138 cm³/mol. The fourth-order valence-electron chi connectivity index (χ4n) is 3.33. The summed E-state index contributed by atoms with van der Waals surface area (Å²) in [7, 11) is -3.48. The minimum Gasteiger partial charge on any atom is -0.351 e. The fraction of sp³-hybridized carbons (Fsp3) is 0.269. The fourth-order valence-corrected chi connectivity index (χ4v) is 5.15. The monoisotopic (exact) mass is 482 g/mol. The second-order valence-electron chi connectivity index (χ2n) is 8.04. The van der Waals surface area contributed by atoms with Gasteiger partial charge >= 0.3 is 0 Å². The summed E-state index contributed by atoms with van der Waals surface area (Å²) in [6.07, 6.45) is 1.19. The Morgan fingerprint density at radius 2 is 1.61 bits per heavy atom. The number of nitrogens with zero attached hydrogens (tertiary/aromatic N) is 1. The van der Waals surface area contributed by atoms with E-state index in [-0.39, 0.29) is 12.5 Å². The quantitative estimate of drug-likeness (QED) is 0.416. The lowest BCUT2D eigenvalue weighted by Gasteiger charge is -2.23. The number of aryl methyl sites for hydroxylation is 2.